The number of nitrogens with zero attached hydrogens (tertiary/aromatic N) is 2. The minimum Gasteiger partial charge on any atom is -0.418 e. The highest BCUT2D eigenvalue weighted by molar-refractivity contribution is 7.89. The summed E-state index contributed by atoms with van der Waals surface area (Å²) in [6.07, 6.45) is -7.77. The smallest absolute Gasteiger partial charge is 0.418 e. The maximum absolute atomic E-state index is 12.8. The van der Waals surface area contributed by atoms with Crippen LogP contribution >= 0.6 is 0 Å². The average molecular weight is 763 g/mol. The van der Waals surface area contributed by atoms with E-state index in [2.05, 4.69) is 10.0 Å². The predicted octanol–water partition coefficient (Wildman–Crippen LogP) is -2.89. The fraction of sp³-hybridized carbons (Fsp3) is 0.643. The Morgan fingerprint density at radius 1 is 0.961 bits per heavy atom. The Balaban J connectivity index is 0.00000131. The summed E-state index contributed by atoms with van der Waals surface area (Å²) in [6, 6.07) is 5.27. The molecule has 2 aliphatic rings. The van der Waals surface area contributed by atoms with E-state index in [-0.39, 0.29) is 24.5 Å². The van der Waals surface area contributed by atoms with Crippen LogP contribution in [0.4, 0.5) is 17.3 Å². The molecule has 1 aromatic carbocycles. The zero-order valence-electron chi connectivity index (χ0n) is 27.5. The zero-order valence-corrected chi connectivity index (χ0v) is 28.3. The van der Waals surface area contributed by atoms with Crippen LogP contribution in [-0.2, 0) is 47.4 Å². The summed E-state index contributed by atoms with van der Waals surface area (Å²) in [5.41, 5.74) is 0.925. The van der Waals surface area contributed by atoms with E-state index in [9.17, 15) is 61.1 Å². The van der Waals surface area contributed by atoms with E-state index < -0.39 is 97.7 Å². The first kappa shape index (κ1) is 42.6. The SMILES string of the molecule is CC(=O)N[C@H]1[C@H](OCCCNS(=O)(=O)c2ccc(Cn3cc[n+](C)c3)cc2)O[C@H](CO)[C@@H](O[C@@H]2O[C@H](CO)[C@H](O)[C@H](O)[C@H]2O)[C@@H]1O.F[B-](F)(F)F. The van der Waals surface area contributed by atoms with Crippen LogP contribution in [0.1, 0.15) is 18.9 Å². The molecular weight excluding hydrogens is 719 g/mol. The van der Waals surface area contributed by atoms with Crippen molar-refractivity contribution < 1.29 is 84.6 Å². The molecule has 0 radical (unpaired) electrons. The second-order valence-corrected chi connectivity index (χ2v) is 13.5. The molecule has 4 rings (SSSR count). The molecule has 10 atom stereocenters. The van der Waals surface area contributed by atoms with Crippen molar-refractivity contribution in [1.82, 2.24) is 14.6 Å². The van der Waals surface area contributed by atoms with Crippen molar-refractivity contribution in [3.63, 3.8) is 0 Å². The first-order chi connectivity index (χ1) is 23.8. The number of aliphatic hydroxyl groups is 6. The van der Waals surface area contributed by atoms with Gasteiger partial charge in [-0.05, 0) is 24.1 Å². The first-order valence-electron chi connectivity index (χ1n) is 15.6. The standard InChI is InChI=1S/C28H42N4O13S.BF4/c1-16(35)30-21-23(37)26(45-28-25(39)24(38)22(36)19(13-33)43-28)20(14-34)44-27(21)42-11-3-8-29-46(40,41)18-6-4-17(5-7-18)12-32-10-9-31(2)15-32;2-1(3,4)5/h4-7,9-10,15,19-29,33-34,36-39H,3,8,11-14H2,1-2H3;/q;-1/p+1/t19-,20-,21-,22+,23-,24+,25-,26-,27-,28+;/m1./s1. The maximum Gasteiger partial charge on any atom is 0.673 e. The van der Waals surface area contributed by atoms with Gasteiger partial charge in [-0.25, -0.2) is 22.3 Å². The number of imidazole rings is 1. The minimum atomic E-state index is -6.00. The Morgan fingerprint density at radius 2 is 1.57 bits per heavy atom. The molecule has 0 aliphatic carbocycles. The van der Waals surface area contributed by atoms with Crippen molar-refractivity contribution in [2.45, 2.75) is 86.1 Å². The predicted molar refractivity (Wildman–Crippen MR) is 165 cm³/mol. The third kappa shape index (κ3) is 12.7. The molecule has 0 saturated carbocycles. The van der Waals surface area contributed by atoms with Gasteiger partial charge in [0.05, 0.1) is 31.8 Å². The van der Waals surface area contributed by atoms with E-state index in [0.29, 0.717) is 6.54 Å². The van der Waals surface area contributed by atoms with Gasteiger partial charge in [-0.2, -0.15) is 0 Å². The summed E-state index contributed by atoms with van der Waals surface area (Å²) < 4.78 is 93.4. The minimum absolute atomic E-state index is 0.00367. The monoisotopic (exact) mass is 762 g/mol. The van der Waals surface area contributed by atoms with Crippen molar-refractivity contribution in [3.05, 3.63) is 48.5 Å². The number of aliphatic hydroxyl groups excluding tert-OH is 6. The van der Waals surface area contributed by atoms with E-state index in [4.69, 9.17) is 18.9 Å². The largest absolute Gasteiger partial charge is 0.673 e. The van der Waals surface area contributed by atoms with Crippen molar-refractivity contribution in [1.29, 1.82) is 0 Å². The highest BCUT2D eigenvalue weighted by atomic mass is 32.2. The number of hydrogen-bond acceptors (Lipinski definition) is 13. The van der Waals surface area contributed by atoms with Crippen molar-refractivity contribution >= 4 is 23.2 Å². The second-order valence-electron chi connectivity index (χ2n) is 11.8. The molecule has 2 aromatic rings. The number of benzene rings is 1. The van der Waals surface area contributed by atoms with Gasteiger partial charge in [-0.3, -0.25) is 4.79 Å². The lowest BCUT2D eigenvalue weighted by atomic mass is 9.95. The lowest BCUT2D eigenvalue weighted by Crippen LogP contribution is -2.67. The van der Waals surface area contributed by atoms with E-state index in [1.165, 1.54) is 19.1 Å². The Hall–Kier alpha value is -2.81. The molecule has 1 aromatic heterocycles. The van der Waals surface area contributed by atoms with E-state index in [1.807, 2.05) is 34.9 Å². The molecule has 0 unspecified atom stereocenters. The first-order valence-corrected chi connectivity index (χ1v) is 17.1. The van der Waals surface area contributed by atoms with Gasteiger partial charge in [-0.1, -0.05) is 12.1 Å². The second kappa shape index (κ2) is 18.8. The number of halogens is 4. The van der Waals surface area contributed by atoms with Crippen LogP contribution < -0.4 is 14.6 Å². The third-order valence-electron chi connectivity index (χ3n) is 7.68. The van der Waals surface area contributed by atoms with Crippen molar-refractivity contribution in [3.8, 4) is 0 Å². The molecular formula is C28H43BF4N4O13S. The highest BCUT2D eigenvalue weighted by Gasteiger charge is 2.51. The van der Waals surface area contributed by atoms with Crippen LogP contribution in [0.2, 0.25) is 0 Å². The third-order valence-corrected chi connectivity index (χ3v) is 9.16. The normalized spacial score (nSPS) is 30.0. The summed E-state index contributed by atoms with van der Waals surface area (Å²) in [7, 11) is -7.91. The number of aryl methyl sites for hydroxylation is 1. The summed E-state index contributed by atoms with van der Waals surface area (Å²) >= 11 is 0. The van der Waals surface area contributed by atoms with Crippen molar-refractivity contribution in [2.24, 2.45) is 7.05 Å². The molecule has 2 fully saturated rings. The molecule has 51 heavy (non-hydrogen) atoms. The van der Waals surface area contributed by atoms with E-state index in [1.54, 1.807) is 12.1 Å². The molecule has 2 aliphatic heterocycles. The Morgan fingerprint density at radius 3 is 2.12 bits per heavy atom. The number of amides is 1. The molecule has 2 saturated heterocycles. The Bertz CT molecular complexity index is 1490. The summed E-state index contributed by atoms with van der Waals surface area (Å²) in [6.45, 7) is 0.293. The van der Waals surface area contributed by atoms with Crippen LogP contribution in [-0.4, -0.2) is 145 Å². The molecule has 0 spiro atoms. The lowest BCUT2D eigenvalue weighted by molar-refractivity contribution is -0.671. The average Bonchev–Trinajstić information content (AvgIpc) is 3.46. The molecule has 8 N–H and O–H groups in total. The molecule has 23 heteroatoms. The van der Waals surface area contributed by atoms with Gasteiger partial charge >= 0.3 is 7.25 Å². The van der Waals surface area contributed by atoms with Gasteiger partial charge in [0.1, 0.15) is 67.7 Å². The number of carbonyl (C=O) groups excluding carboxylic acids is 1. The van der Waals surface area contributed by atoms with Gasteiger partial charge in [0.15, 0.2) is 12.6 Å². The zero-order chi connectivity index (χ0) is 38.1. The number of sulfonamides is 1. The van der Waals surface area contributed by atoms with E-state index >= 15 is 0 Å². The number of rotatable bonds is 14. The van der Waals surface area contributed by atoms with E-state index in [0.717, 1.165) is 5.56 Å². The summed E-state index contributed by atoms with van der Waals surface area (Å²) in [5, 5.41) is 63.5. The number of aromatic nitrogens is 2. The van der Waals surface area contributed by atoms with Gasteiger partial charge in [0.2, 0.25) is 22.3 Å². The summed E-state index contributed by atoms with van der Waals surface area (Å²) in [5.74, 6) is -0.559. The number of hydrogen-bond donors (Lipinski definition) is 8. The van der Waals surface area contributed by atoms with Crippen LogP contribution in [0.25, 0.3) is 0 Å². The number of nitrogens with one attached hydrogen (secondary N) is 2. The van der Waals surface area contributed by atoms with Crippen LogP contribution in [0.15, 0.2) is 47.9 Å². The van der Waals surface area contributed by atoms with Gasteiger partial charge < -0.3 is 72.2 Å². The van der Waals surface area contributed by atoms with Crippen LogP contribution in [0, 0.1) is 0 Å². The summed E-state index contributed by atoms with van der Waals surface area (Å²) in [4.78, 5) is 12.0. The fourth-order valence-corrected chi connectivity index (χ4v) is 6.32. The highest BCUT2D eigenvalue weighted by Crippen LogP contribution is 2.29. The lowest BCUT2D eigenvalue weighted by Gasteiger charge is -2.47. The topological polar surface area (TPSA) is 242 Å². The number of carbonyl (C=O) groups is 1. The van der Waals surface area contributed by atoms with Crippen LogP contribution in [0.3, 0.4) is 0 Å². The van der Waals surface area contributed by atoms with Gasteiger partial charge in [-0.15, -0.1) is 0 Å². The van der Waals surface area contributed by atoms with Gasteiger partial charge in [0, 0.05) is 13.5 Å². The Kier molecular flexibility index (Phi) is 15.7. The maximum atomic E-state index is 12.8. The van der Waals surface area contributed by atoms with Crippen LogP contribution in [0.5, 0.6) is 0 Å². The molecule has 1 amide bonds. The van der Waals surface area contributed by atoms with Gasteiger partial charge in [0.25, 0.3) is 0 Å². The fourth-order valence-electron chi connectivity index (χ4n) is 5.24. The molecule has 3 heterocycles. The quantitative estimate of drug-likeness (QED) is 0.0418. The van der Waals surface area contributed by atoms with Crippen molar-refractivity contribution in [2.75, 3.05) is 26.4 Å². The Labute approximate surface area is 290 Å². The molecule has 290 valence electrons. The molecule has 0 bridgehead atoms. The number of ether oxygens (including phenoxy) is 4. The molecule has 17 nitrogen and oxygen atoms in total.